The highest BCUT2D eigenvalue weighted by atomic mass is 19.4. The largest absolute Gasteiger partial charge is 0.573 e. The molecule has 0 radical (unpaired) electrons. The van der Waals surface area contributed by atoms with Gasteiger partial charge >= 0.3 is 6.36 Å². The maximum absolute atomic E-state index is 11.8. The monoisotopic (exact) mass is 208 g/mol. The van der Waals surface area contributed by atoms with Crippen molar-refractivity contribution < 1.29 is 28.1 Å². The minimum Gasteiger partial charge on any atom is -0.508 e. The number of aliphatic hydroxyl groups excluding tert-OH is 1. The number of phenols is 1. The zero-order valence-corrected chi connectivity index (χ0v) is 6.88. The summed E-state index contributed by atoms with van der Waals surface area (Å²) in [4.78, 5) is 0. The van der Waals surface area contributed by atoms with Crippen molar-refractivity contribution in [3.63, 3.8) is 0 Å². The van der Waals surface area contributed by atoms with Crippen LogP contribution in [-0.2, 0) is 6.61 Å². The molecule has 78 valence electrons. The van der Waals surface area contributed by atoms with E-state index >= 15 is 0 Å². The highest BCUT2D eigenvalue weighted by Crippen LogP contribution is 2.28. The standard InChI is InChI=1S/C8H7F3O3/c9-8(10,11)14-7-2-1-6(13)3-5(7)4-12/h1-3,12-13H,4H2. The first-order chi connectivity index (χ1) is 6.42. The SMILES string of the molecule is OCc1cc(O)ccc1OC(F)(F)F. The van der Waals surface area contributed by atoms with Crippen molar-refractivity contribution in [1.82, 2.24) is 0 Å². The van der Waals surface area contributed by atoms with Crippen molar-refractivity contribution in [2.75, 3.05) is 0 Å². The van der Waals surface area contributed by atoms with Crippen molar-refractivity contribution >= 4 is 0 Å². The zero-order valence-electron chi connectivity index (χ0n) is 6.88. The molecule has 0 saturated carbocycles. The molecule has 2 N–H and O–H groups in total. The Labute approximate surface area is 77.4 Å². The van der Waals surface area contributed by atoms with Crippen LogP contribution in [0.5, 0.6) is 11.5 Å². The first kappa shape index (κ1) is 10.6. The quantitative estimate of drug-likeness (QED) is 0.778. The molecule has 0 bridgehead atoms. The van der Waals surface area contributed by atoms with E-state index < -0.39 is 18.7 Å². The smallest absolute Gasteiger partial charge is 0.508 e. The molecule has 6 heteroatoms. The molecule has 0 fully saturated rings. The van der Waals surface area contributed by atoms with Gasteiger partial charge in [-0.2, -0.15) is 0 Å². The first-order valence-electron chi connectivity index (χ1n) is 3.61. The van der Waals surface area contributed by atoms with E-state index in [9.17, 15) is 13.2 Å². The summed E-state index contributed by atoms with van der Waals surface area (Å²) in [5, 5.41) is 17.6. The molecule has 1 aromatic carbocycles. The van der Waals surface area contributed by atoms with Crippen molar-refractivity contribution in [2.24, 2.45) is 0 Å². The lowest BCUT2D eigenvalue weighted by Gasteiger charge is -2.11. The maximum Gasteiger partial charge on any atom is 0.573 e. The highest BCUT2D eigenvalue weighted by molar-refractivity contribution is 5.39. The Kier molecular flexibility index (Phi) is 2.85. The van der Waals surface area contributed by atoms with Crippen molar-refractivity contribution in [3.8, 4) is 11.5 Å². The summed E-state index contributed by atoms with van der Waals surface area (Å²) in [6.07, 6.45) is -4.80. The van der Waals surface area contributed by atoms with Crippen LogP contribution in [0.25, 0.3) is 0 Å². The predicted molar refractivity (Wildman–Crippen MR) is 40.7 cm³/mol. The molecule has 0 heterocycles. The molecule has 1 aromatic rings. The van der Waals surface area contributed by atoms with E-state index in [4.69, 9.17) is 10.2 Å². The Hall–Kier alpha value is -1.43. The minimum atomic E-state index is -4.80. The number of aromatic hydroxyl groups is 1. The van der Waals surface area contributed by atoms with Gasteiger partial charge in [-0.05, 0) is 18.2 Å². The molecule has 0 aromatic heterocycles. The summed E-state index contributed by atoms with van der Waals surface area (Å²) < 4.78 is 39.0. The van der Waals surface area contributed by atoms with Crippen LogP contribution in [0.2, 0.25) is 0 Å². The lowest BCUT2D eigenvalue weighted by atomic mass is 10.2. The number of alkyl halides is 3. The molecule has 0 saturated heterocycles. The molecule has 14 heavy (non-hydrogen) atoms. The summed E-state index contributed by atoms with van der Waals surface area (Å²) in [5.41, 5.74) is -0.123. The summed E-state index contributed by atoms with van der Waals surface area (Å²) in [6, 6.07) is 2.98. The average molecular weight is 208 g/mol. The Balaban J connectivity index is 2.97. The van der Waals surface area contributed by atoms with Crippen LogP contribution in [0.1, 0.15) is 5.56 Å². The van der Waals surface area contributed by atoms with E-state index in [1.807, 2.05) is 0 Å². The number of rotatable bonds is 2. The third-order valence-corrected chi connectivity index (χ3v) is 1.44. The summed E-state index contributed by atoms with van der Waals surface area (Å²) in [6.45, 7) is -0.639. The van der Waals surface area contributed by atoms with Gasteiger partial charge in [-0.25, -0.2) is 0 Å². The Bertz CT molecular complexity index is 322. The molecule has 0 aliphatic carbocycles. The Morgan fingerprint density at radius 2 is 1.93 bits per heavy atom. The number of aliphatic hydroxyl groups is 1. The number of hydrogen-bond donors (Lipinski definition) is 2. The second-order valence-electron chi connectivity index (χ2n) is 2.50. The van der Waals surface area contributed by atoms with Gasteiger partial charge in [0.1, 0.15) is 11.5 Å². The number of phenolic OH excluding ortho intramolecular Hbond substituents is 1. The van der Waals surface area contributed by atoms with Gasteiger partial charge in [-0.1, -0.05) is 0 Å². The molecule has 1 rings (SSSR count). The van der Waals surface area contributed by atoms with Crippen LogP contribution in [0.3, 0.4) is 0 Å². The molecule has 0 aliphatic heterocycles. The van der Waals surface area contributed by atoms with Gasteiger partial charge < -0.3 is 14.9 Å². The number of halogens is 3. The van der Waals surface area contributed by atoms with Gasteiger partial charge in [0.2, 0.25) is 0 Å². The highest BCUT2D eigenvalue weighted by Gasteiger charge is 2.32. The van der Waals surface area contributed by atoms with Gasteiger partial charge in [0.05, 0.1) is 6.61 Å². The van der Waals surface area contributed by atoms with Crippen molar-refractivity contribution in [2.45, 2.75) is 13.0 Å². The van der Waals surface area contributed by atoms with Crippen molar-refractivity contribution in [3.05, 3.63) is 23.8 Å². The fourth-order valence-electron chi connectivity index (χ4n) is 0.914. The van der Waals surface area contributed by atoms with E-state index in [1.165, 1.54) is 0 Å². The first-order valence-corrected chi connectivity index (χ1v) is 3.61. The molecular weight excluding hydrogens is 201 g/mol. The third-order valence-electron chi connectivity index (χ3n) is 1.44. The summed E-state index contributed by atoms with van der Waals surface area (Å²) in [5.74, 6) is -0.749. The third kappa shape index (κ3) is 2.81. The second-order valence-corrected chi connectivity index (χ2v) is 2.50. The topological polar surface area (TPSA) is 49.7 Å². The Morgan fingerprint density at radius 3 is 2.43 bits per heavy atom. The van der Waals surface area contributed by atoms with Gasteiger partial charge in [-0.3, -0.25) is 0 Å². The van der Waals surface area contributed by atoms with Gasteiger partial charge in [0.25, 0.3) is 0 Å². The summed E-state index contributed by atoms with van der Waals surface area (Å²) in [7, 11) is 0. The molecule has 3 nitrogen and oxygen atoms in total. The average Bonchev–Trinajstić information content (AvgIpc) is 2.06. The van der Waals surface area contributed by atoms with E-state index in [-0.39, 0.29) is 11.3 Å². The van der Waals surface area contributed by atoms with Crippen LogP contribution in [-0.4, -0.2) is 16.6 Å². The number of hydrogen-bond acceptors (Lipinski definition) is 3. The van der Waals surface area contributed by atoms with Gasteiger partial charge in [-0.15, -0.1) is 13.2 Å². The van der Waals surface area contributed by atoms with Crippen molar-refractivity contribution in [1.29, 1.82) is 0 Å². The molecule has 0 unspecified atom stereocenters. The fourth-order valence-corrected chi connectivity index (χ4v) is 0.914. The zero-order chi connectivity index (χ0) is 10.8. The van der Waals surface area contributed by atoms with Crippen LogP contribution in [0.4, 0.5) is 13.2 Å². The molecule has 0 spiro atoms. The van der Waals surface area contributed by atoms with Gasteiger partial charge in [0, 0.05) is 5.56 Å². The lowest BCUT2D eigenvalue weighted by molar-refractivity contribution is -0.275. The Morgan fingerprint density at radius 1 is 1.29 bits per heavy atom. The van der Waals surface area contributed by atoms with Gasteiger partial charge in [0.15, 0.2) is 0 Å². The van der Waals surface area contributed by atoms with Crippen LogP contribution < -0.4 is 4.74 Å². The van der Waals surface area contributed by atoms with E-state index in [0.29, 0.717) is 0 Å². The summed E-state index contributed by atoms with van der Waals surface area (Å²) >= 11 is 0. The van der Waals surface area contributed by atoms with Crippen LogP contribution in [0.15, 0.2) is 18.2 Å². The molecular formula is C8H7F3O3. The van der Waals surface area contributed by atoms with E-state index in [2.05, 4.69) is 4.74 Å². The maximum atomic E-state index is 11.8. The van der Waals surface area contributed by atoms with Crippen LogP contribution in [0, 0.1) is 0 Å². The normalized spacial score (nSPS) is 11.4. The molecule has 0 atom stereocenters. The fraction of sp³-hybridized carbons (Fsp3) is 0.250. The second kappa shape index (κ2) is 3.75. The number of benzene rings is 1. The molecule has 0 aliphatic rings. The van der Waals surface area contributed by atoms with E-state index in [0.717, 1.165) is 18.2 Å². The number of ether oxygens (including phenoxy) is 1. The predicted octanol–water partition coefficient (Wildman–Crippen LogP) is 1.78. The minimum absolute atomic E-state index is 0.123. The van der Waals surface area contributed by atoms with Crippen LogP contribution >= 0.6 is 0 Å². The van der Waals surface area contributed by atoms with E-state index in [1.54, 1.807) is 0 Å². The lowest BCUT2D eigenvalue weighted by Crippen LogP contribution is -2.18. The molecule has 0 amide bonds.